The molecule has 1 unspecified atom stereocenters. The molecule has 2 nitrogen and oxygen atoms in total. The van der Waals surface area contributed by atoms with Gasteiger partial charge in [-0.15, -0.1) is 0 Å². The summed E-state index contributed by atoms with van der Waals surface area (Å²) in [4.78, 5) is 0. The zero-order valence-electron chi connectivity index (χ0n) is 11.0. The molecular weight excluding hydrogens is 215 g/mol. The molecule has 0 saturated heterocycles. The fraction of sp³-hybridized carbons (Fsp3) is 0.571. The van der Waals surface area contributed by atoms with Crippen molar-refractivity contribution in [2.75, 3.05) is 0 Å². The molecule has 1 atom stereocenters. The third kappa shape index (κ3) is 4.44. The summed E-state index contributed by atoms with van der Waals surface area (Å²) in [6.07, 6.45) is 3.07. The van der Waals surface area contributed by atoms with Gasteiger partial charge in [0.05, 0.1) is 0 Å². The molecule has 1 aromatic rings. The van der Waals surface area contributed by atoms with Gasteiger partial charge >= 0.3 is 0 Å². The number of benzene rings is 1. The van der Waals surface area contributed by atoms with Crippen LogP contribution in [0.3, 0.4) is 0 Å². The monoisotopic (exact) mass is 238 g/mol. The van der Waals surface area contributed by atoms with Crippen molar-refractivity contribution in [1.29, 1.82) is 0 Å². The molecule has 3 N–H and O–H groups in total. The second-order valence-corrected chi connectivity index (χ2v) is 5.07. The largest absolute Gasteiger partial charge is 0.271 e. The molecule has 0 aromatic heterocycles. The van der Waals surface area contributed by atoms with E-state index in [4.69, 9.17) is 5.84 Å². The zero-order chi connectivity index (χ0) is 12.8. The van der Waals surface area contributed by atoms with Crippen LogP contribution in [0.5, 0.6) is 0 Å². The molecule has 1 aromatic carbocycles. The Hall–Kier alpha value is -0.930. The fourth-order valence-corrected chi connectivity index (χ4v) is 1.97. The van der Waals surface area contributed by atoms with Crippen LogP contribution in [0.25, 0.3) is 0 Å². The topological polar surface area (TPSA) is 38.0 Å². The van der Waals surface area contributed by atoms with Gasteiger partial charge in [-0.2, -0.15) is 0 Å². The fourth-order valence-electron chi connectivity index (χ4n) is 1.97. The molecule has 0 radical (unpaired) electrons. The highest BCUT2D eigenvalue weighted by atomic mass is 19.1. The lowest BCUT2D eigenvalue weighted by Crippen LogP contribution is -2.28. The number of nitrogens with two attached hydrogens (primary N) is 1. The van der Waals surface area contributed by atoms with Gasteiger partial charge in [0.2, 0.25) is 0 Å². The minimum Gasteiger partial charge on any atom is -0.271 e. The second-order valence-electron chi connectivity index (χ2n) is 5.07. The third-order valence-corrected chi connectivity index (χ3v) is 3.01. The average molecular weight is 238 g/mol. The van der Waals surface area contributed by atoms with E-state index in [1.165, 1.54) is 0 Å². The number of aryl methyl sites for hydroxylation is 1. The molecule has 0 saturated carbocycles. The van der Waals surface area contributed by atoms with E-state index >= 15 is 0 Å². The molecule has 0 spiro atoms. The van der Waals surface area contributed by atoms with Crippen molar-refractivity contribution in [1.82, 2.24) is 5.43 Å². The summed E-state index contributed by atoms with van der Waals surface area (Å²) in [7, 11) is 0. The molecule has 17 heavy (non-hydrogen) atoms. The van der Waals surface area contributed by atoms with Gasteiger partial charge in [0, 0.05) is 11.6 Å². The van der Waals surface area contributed by atoms with Gasteiger partial charge < -0.3 is 0 Å². The first kappa shape index (κ1) is 14.1. The number of halogens is 1. The lowest BCUT2D eigenvalue weighted by atomic mass is 9.97. The number of hydrogen-bond donors (Lipinski definition) is 2. The number of hydrogen-bond acceptors (Lipinski definition) is 2. The predicted octanol–water partition coefficient (Wildman–Crippen LogP) is 3.46. The predicted molar refractivity (Wildman–Crippen MR) is 69.9 cm³/mol. The van der Waals surface area contributed by atoms with Gasteiger partial charge in [0.15, 0.2) is 0 Å². The Morgan fingerprint density at radius 3 is 2.53 bits per heavy atom. The maximum atomic E-state index is 13.8. The third-order valence-electron chi connectivity index (χ3n) is 3.01. The lowest BCUT2D eigenvalue weighted by molar-refractivity contribution is 0.441. The van der Waals surface area contributed by atoms with Crippen molar-refractivity contribution >= 4 is 0 Å². The molecule has 0 aliphatic carbocycles. The van der Waals surface area contributed by atoms with E-state index in [1.807, 2.05) is 19.1 Å². The van der Waals surface area contributed by atoms with Crippen molar-refractivity contribution in [3.63, 3.8) is 0 Å². The zero-order valence-corrected chi connectivity index (χ0v) is 11.0. The van der Waals surface area contributed by atoms with E-state index in [-0.39, 0.29) is 11.9 Å². The van der Waals surface area contributed by atoms with Gasteiger partial charge in [-0.3, -0.25) is 11.3 Å². The Labute approximate surface area is 103 Å². The average Bonchev–Trinajstić information content (AvgIpc) is 2.25. The molecular formula is C14H23FN2. The molecule has 0 amide bonds. The van der Waals surface area contributed by atoms with Crippen molar-refractivity contribution < 1.29 is 4.39 Å². The van der Waals surface area contributed by atoms with E-state index in [0.29, 0.717) is 11.5 Å². The summed E-state index contributed by atoms with van der Waals surface area (Å²) in [6.45, 7) is 6.27. The first-order valence-electron chi connectivity index (χ1n) is 6.26. The first-order valence-corrected chi connectivity index (χ1v) is 6.26. The van der Waals surface area contributed by atoms with Crippen LogP contribution in [0.4, 0.5) is 4.39 Å². The van der Waals surface area contributed by atoms with Crippen LogP contribution in [-0.4, -0.2) is 0 Å². The van der Waals surface area contributed by atoms with E-state index in [2.05, 4.69) is 19.3 Å². The molecule has 1 rings (SSSR count). The summed E-state index contributed by atoms with van der Waals surface area (Å²) in [5.74, 6) is 6.02. The minimum atomic E-state index is -0.169. The number of nitrogens with one attached hydrogen (secondary N) is 1. The first-order chi connectivity index (χ1) is 8.04. The van der Waals surface area contributed by atoms with Gasteiger partial charge in [0.1, 0.15) is 5.82 Å². The van der Waals surface area contributed by atoms with Crippen LogP contribution in [0.15, 0.2) is 18.2 Å². The van der Waals surface area contributed by atoms with Crippen LogP contribution in [0, 0.1) is 18.7 Å². The Kier molecular flexibility index (Phi) is 5.59. The van der Waals surface area contributed by atoms with E-state index in [9.17, 15) is 4.39 Å². The normalized spacial score (nSPS) is 13.1. The Morgan fingerprint density at radius 2 is 2.00 bits per heavy atom. The van der Waals surface area contributed by atoms with Gasteiger partial charge in [0.25, 0.3) is 0 Å². The smallest absolute Gasteiger partial charge is 0.128 e. The van der Waals surface area contributed by atoms with Crippen molar-refractivity contribution in [2.24, 2.45) is 11.8 Å². The second kappa shape index (κ2) is 6.72. The summed E-state index contributed by atoms with van der Waals surface area (Å²) < 4.78 is 13.8. The van der Waals surface area contributed by atoms with Gasteiger partial charge in [-0.05, 0) is 30.9 Å². The van der Waals surface area contributed by atoms with Gasteiger partial charge in [-0.25, -0.2) is 4.39 Å². The van der Waals surface area contributed by atoms with Crippen LogP contribution >= 0.6 is 0 Å². The molecule has 0 aliphatic heterocycles. The maximum Gasteiger partial charge on any atom is 0.128 e. The van der Waals surface area contributed by atoms with Crippen molar-refractivity contribution in [2.45, 2.75) is 46.1 Å². The molecule has 0 fully saturated rings. The Balaban J connectivity index is 2.66. The quantitative estimate of drug-likeness (QED) is 0.588. The van der Waals surface area contributed by atoms with Crippen LogP contribution in [-0.2, 0) is 0 Å². The van der Waals surface area contributed by atoms with E-state index in [0.717, 1.165) is 24.8 Å². The van der Waals surface area contributed by atoms with E-state index < -0.39 is 0 Å². The van der Waals surface area contributed by atoms with Crippen molar-refractivity contribution in [3.05, 3.63) is 35.1 Å². The Bertz CT molecular complexity index is 350. The van der Waals surface area contributed by atoms with E-state index in [1.54, 1.807) is 6.07 Å². The molecule has 0 heterocycles. The Morgan fingerprint density at radius 1 is 1.29 bits per heavy atom. The summed E-state index contributed by atoms with van der Waals surface area (Å²) in [5.41, 5.74) is 4.32. The highest BCUT2D eigenvalue weighted by Gasteiger charge is 2.14. The summed E-state index contributed by atoms with van der Waals surface area (Å²) in [5, 5.41) is 0. The minimum absolute atomic E-state index is 0.0886. The molecule has 96 valence electrons. The van der Waals surface area contributed by atoms with Crippen LogP contribution in [0.2, 0.25) is 0 Å². The highest BCUT2D eigenvalue weighted by molar-refractivity contribution is 5.26. The van der Waals surface area contributed by atoms with Crippen molar-refractivity contribution in [3.8, 4) is 0 Å². The highest BCUT2D eigenvalue weighted by Crippen LogP contribution is 2.23. The summed E-state index contributed by atoms with van der Waals surface area (Å²) >= 11 is 0. The molecule has 3 heteroatoms. The standard InChI is InChI=1S/C14H23FN2/c1-10(2)5-4-6-14(17-16)12-8-7-11(3)9-13(12)15/h7-10,14,17H,4-6,16H2,1-3H3. The van der Waals surface area contributed by atoms with Crippen LogP contribution < -0.4 is 11.3 Å². The molecule has 0 bridgehead atoms. The summed E-state index contributed by atoms with van der Waals surface area (Å²) in [6, 6.07) is 5.21. The maximum absolute atomic E-state index is 13.8. The number of hydrazine groups is 1. The number of rotatable bonds is 6. The SMILES string of the molecule is Cc1ccc(C(CCCC(C)C)NN)c(F)c1. The lowest BCUT2D eigenvalue weighted by Gasteiger charge is -2.17. The van der Waals surface area contributed by atoms with Gasteiger partial charge in [-0.1, -0.05) is 38.8 Å². The molecule has 0 aliphatic rings. The van der Waals surface area contributed by atoms with Crippen LogP contribution in [0.1, 0.15) is 50.3 Å².